The number of halogens is 1. The molecule has 0 amide bonds. The molecule has 1 heterocycles. The molecule has 1 N–H and O–H groups in total. The summed E-state index contributed by atoms with van der Waals surface area (Å²) in [5, 5.41) is 9.29. The number of aryl methyl sites for hydroxylation is 1. The molecule has 1 aromatic carbocycles. The number of benzene rings is 1. The third kappa shape index (κ3) is 3.80. The molecule has 0 radical (unpaired) electrons. The van der Waals surface area contributed by atoms with Gasteiger partial charge < -0.3 is 9.84 Å². The summed E-state index contributed by atoms with van der Waals surface area (Å²) in [7, 11) is 0. The molecule has 5 heteroatoms. The number of hydrogen-bond acceptors (Lipinski definition) is 3. The Hall–Kier alpha value is -1.46. The lowest BCUT2D eigenvalue weighted by molar-refractivity contribution is -0.143. The van der Waals surface area contributed by atoms with Crippen molar-refractivity contribution in [3.8, 4) is 0 Å². The minimum Gasteiger partial charge on any atom is -0.481 e. The van der Waals surface area contributed by atoms with Gasteiger partial charge in [-0.05, 0) is 37.1 Å². The Kier molecular flexibility index (Phi) is 5.31. The maximum atomic E-state index is 13.3. The number of carbonyl (C=O) groups is 1. The molecule has 1 aliphatic rings. The minimum absolute atomic E-state index is 0.118. The zero-order valence-electron chi connectivity index (χ0n) is 12.5. The van der Waals surface area contributed by atoms with Crippen molar-refractivity contribution in [3.63, 3.8) is 0 Å². The van der Waals surface area contributed by atoms with Gasteiger partial charge in [0.05, 0.1) is 19.1 Å². The zero-order chi connectivity index (χ0) is 15.4. The van der Waals surface area contributed by atoms with Crippen LogP contribution in [-0.2, 0) is 16.1 Å². The van der Waals surface area contributed by atoms with Gasteiger partial charge in [-0.2, -0.15) is 0 Å². The Labute approximate surface area is 124 Å². The zero-order valence-corrected chi connectivity index (χ0v) is 12.5. The summed E-state index contributed by atoms with van der Waals surface area (Å²) in [6, 6.07) is 4.93. The van der Waals surface area contributed by atoms with E-state index in [-0.39, 0.29) is 18.5 Å². The molecule has 1 aromatic rings. The van der Waals surface area contributed by atoms with E-state index < -0.39 is 11.9 Å². The van der Waals surface area contributed by atoms with Gasteiger partial charge >= 0.3 is 5.97 Å². The van der Waals surface area contributed by atoms with E-state index in [1.807, 2.05) is 6.07 Å². The topological polar surface area (TPSA) is 49.8 Å². The van der Waals surface area contributed by atoms with Crippen LogP contribution < -0.4 is 0 Å². The lowest BCUT2D eigenvalue weighted by Gasteiger charge is -2.30. The Morgan fingerprint density at radius 1 is 1.48 bits per heavy atom. The first-order chi connectivity index (χ1) is 10.0. The van der Waals surface area contributed by atoms with Gasteiger partial charge in [0.15, 0.2) is 0 Å². The molecule has 2 unspecified atom stereocenters. The highest BCUT2D eigenvalue weighted by molar-refractivity contribution is 5.71. The number of carboxylic acid groups (broad SMARTS) is 1. The van der Waals surface area contributed by atoms with Crippen LogP contribution in [0.1, 0.15) is 24.5 Å². The molecule has 1 saturated heterocycles. The van der Waals surface area contributed by atoms with Gasteiger partial charge in [0.1, 0.15) is 5.82 Å². The molecule has 116 valence electrons. The second-order valence-corrected chi connectivity index (χ2v) is 5.60. The van der Waals surface area contributed by atoms with Gasteiger partial charge in [0.25, 0.3) is 0 Å². The van der Waals surface area contributed by atoms with Crippen LogP contribution in [-0.4, -0.2) is 41.8 Å². The van der Waals surface area contributed by atoms with Crippen molar-refractivity contribution in [3.05, 3.63) is 35.1 Å². The van der Waals surface area contributed by atoms with Crippen LogP contribution >= 0.6 is 0 Å². The van der Waals surface area contributed by atoms with E-state index in [1.165, 1.54) is 6.07 Å². The number of carboxylic acids is 1. The van der Waals surface area contributed by atoms with Crippen molar-refractivity contribution < 1.29 is 19.0 Å². The Morgan fingerprint density at radius 3 is 2.86 bits per heavy atom. The molecule has 1 fully saturated rings. The van der Waals surface area contributed by atoms with Gasteiger partial charge in [-0.1, -0.05) is 19.1 Å². The summed E-state index contributed by atoms with van der Waals surface area (Å²) in [6.07, 6.45) is 0.934. The van der Waals surface area contributed by atoms with E-state index in [1.54, 1.807) is 13.0 Å². The van der Waals surface area contributed by atoms with Crippen LogP contribution in [0.4, 0.5) is 4.39 Å². The third-order valence-electron chi connectivity index (χ3n) is 3.96. The average molecular weight is 295 g/mol. The van der Waals surface area contributed by atoms with Crippen LogP contribution in [0.25, 0.3) is 0 Å². The third-order valence-corrected chi connectivity index (χ3v) is 3.96. The highest BCUT2D eigenvalue weighted by atomic mass is 19.1. The van der Waals surface area contributed by atoms with Crippen LogP contribution in [0.5, 0.6) is 0 Å². The highest BCUT2D eigenvalue weighted by Crippen LogP contribution is 2.23. The summed E-state index contributed by atoms with van der Waals surface area (Å²) in [5.74, 6) is -1.51. The fourth-order valence-corrected chi connectivity index (χ4v) is 2.83. The molecular weight excluding hydrogens is 273 g/mol. The first-order valence-electron chi connectivity index (χ1n) is 7.32. The molecular formula is C16H22FNO3. The lowest BCUT2D eigenvalue weighted by Crippen LogP contribution is -2.43. The molecule has 2 rings (SSSR count). The fraction of sp³-hybridized carbons (Fsp3) is 0.562. The molecule has 21 heavy (non-hydrogen) atoms. The van der Waals surface area contributed by atoms with Gasteiger partial charge in [0.2, 0.25) is 0 Å². The Bertz CT molecular complexity index is 506. The van der Waals surface area contributed by atoms with Crippen LogP contribution in [0.15, 0.2) is 18.2 Å². The number of rotatable bonds is 6. The predicted octanol–water partition coefficient (Wildman–Crippen LogP) is 2.45. The highest BCUT2D eigenvalue weighted by Gasteiger charge is 2.37. The number of ether oxygens (including phenoxy) is 1. The molecule has 2 atom stereocenters. The molecule has 0 aliphatic carbocycles. The molecule has 0 aromatic heterocycles. The summed E-state index contributed by atoms with van der Waals surface area (Å²) < 4.78 is 18.7. The van der Waals surface area contributed by atoms with Crippen molar-refractivity contribution in [2.45, 2.75) is 32.9 Å². The monoisotopic (exact) mass is 295 g/mol. The van der Waals surface area contributed by atoms with E-state index in [4.69, 9.17) is 4.74 Å². The molecule has 0 bridgehead atoms. The summed E-state index contributed by atoms with van der Waals surface area (Å²) in [4.78, 5) is 13.5. The van der Waals surface area contributed by atoms with E-state index in [0.717, 1.165) is 18.5 Å². The van der Waals surface area contributed by atoms with Crippen molar-refractivity contribution in [1.29, 1.82) is 0 Å². The van der Waals surface area contributed by atoms with Crippen LogP contribution in [0, 0.1) is 18.7 Å². The second-order valence-electron chi connectivity index (χ2n) is 5.60. The largest absolute Gasteiger partial charge is 0.481 e. The van der Waals surface area contributed by atoms with Crippen molar-refractivity contribution >= 4 is 5.97 Å². The van der Waals surface area contributed by atoms with Crippen molar-refractivity contribution in [1.82, 2.24) is 4.90 Å². The van der Waals surface area contributed by atoms with E-state index in [0.29, 0.717) is 18.7 Å². The second kappa shape index (κ2) is 7.00. The predicted molar refractivity (Wildman–Crippen MR) is 77.6 cm³/mol. The fourth-order valence-electron chi connectivity index (χ4n) is 2.83. The maximum absolute atomic E-state index is 13.3. The Balaban J connectivity index is 2.14. The summed E-state index contributed by atoms with van der Waals surface area (Å²) in [5.41, 5.74) is 1.61. The number of hydrogen-bond donors (Lipinski definition) is 1. The van der Waals surface area contributed by atoms with Crippen LogP contribution in [0.3, 0.4) is 0 Å². The van der Waals surface area contributed by atoms with Crippen LogP contribution in [0.2, 0.25) is 0 Å². The number of nitrogens with zero attached hydrogens (tertiary/aromatic N) is 1. The van der Waals surface area contributed by atoms with E-state index in [2.05, 4.69) is 11.8 Å². The van der Waals surface area contributed by atoms with E-state index in [9.17, 15) is 14.3 Å². The Morgan fingerprint density at radius 2 is 2.24 bits per heavy atom. The quantitative estimate of drug-likeness (QED) is 0.876. The smallest absolute Gasteiger partial charge is 0.310 e. The summed E-state index contributed by atoms with van der Waals surface area (Å²) >= 11 is 0. The van der Waals surface area contributed by atoms with Crippen molar-refractivity contribution in [2.24, 2.45) is 5.92 Å². The first kappa shape index (κ1) is 15.9. The van der Waals surface area contributed by atoms with E-state index >= 15 is 0 Å². The average Bonchev–Trinajstić information content (AvgIpc) is 2.92. The van der Waals surface area contributed by atoms with Gasteiger partial charge in [-0.25, -0.2) is 4.39 Å². The molecule has 0 spiro atoms. The molecule has 0 saturated carbocycles. The van der Waals surface area contributed by atoms with Gasteiger partial charge in [0, 0.05) is 12.6 Å². The summed E-state index contributed by atoms with van der Waals surface area (Å²) in [6.45, 7) is 5.93. The van der Waals surface area contributed by atoms with Gasteiger partial charge in [-0.3, -0.25) is 9.69 Å². The normalized spacial score (nSPS) is 21.9. The first-order valence-corrected chi connectivity index (χ1v) is 7.32. The standard InChI is InChI=1S/C16H22FNO3/c1-3-6-18(15-10-21-9-13(15)16(19)20)8-12-4-5-14(17)11(2)7-12/h4-5,7,13,15H,3,6,8-10H2,1-2H3,(H,19,20). The number of aliphatic carboxylic acids is 1. The van der Waals surface area contributed by atoms with Crippen molar-refractivity contribution in [2.75, 3.05) is 19.8 Å². The maximum Gasteiger partial charge on any atom is 0.310 e. The SMILES string of the molecule is CCCN(Cc1ccc(F)c(C)c1)C1COCC1C(=O)O. The minimum atomic E-state index is -0.811. The molecule has 4 nitrogen and oxygen atoms in total. The molecule has 1 aliphatic heterocycles. The van der Waals surface area contributed by atoms with Gasteiger partial charge in [-0.15, -0.1) is 0 Å². The lowest BCUT2D eigenvalue weighted by atomic mass is 10.0.